The van der Waals surface area contributed by atoms with Gasteiger partial charge in [0.05, 0.1) is 5.75 Å². The first-order chi connectivity index (χ1) is 4.31. The molecule has 0 atom stereocenters. The fraction of sp³-hybridized carbons (Fsp3) is 0.500. The van der Waals surface area contributed by atoms with Gasteiger partial charge in [0.1, 0.15) is 6.61 Å². The Kier molecular flexibility index (Phi) is 5.41. The van der Waals surface area contributed by atoms with Crippen molar-refractivity contribution in [2.24, 2.45) is 0 Å². The Morgan fingerprint density at radius 2 is 2.56 bits per heavy atom. The van der Waals surface area contributed by atoms with Crippen LogP contribution < -0.4 is 0 Å². The maximum atomic E-state index is 10.5. The van der Waals surface area contributed by atoms with E-state index in [1.807, 2.05) is 6.26 Å². The minimum Gasteiger partial charge on any atom is -0.461 e. The van der Waals surface area contributed by atoms with E-state index in [9.17, 15) is 4.79 Å². The molecular weight excluding hydrogens is 136 g/mol. The molecule has 0 rings (SSSR count). The van der Waals surface area contributed by atoms with Crippen LogP contribution in [0, 0.1) is 0 Å². The normalized spacial score (nSPS) is 8.56. The molecule has 0 aliphatic rings. The number of thioether (sulfide) groups is 1. The smallest absolute Gasteiger partial charge is 0.316 e. The van der Waals surface area contributed by atoms with E-state index in [2.05, 4.69) is 11.3 Å². The first-order valence-corrected chi connectivity index (χ1v) is 3.96. The van der Waals surface area contributed by atoms with Crippen LogP contribution in [0.2, 0.25) is 0 Å². The molecule has 0 aromatic heterocycles. The van der Waals surface area contributed by atoms with Crippen LogP contribution >= 0.6 is 11.8 Å². The predicted molar refractivity (Wildman–Crippen MR) is 39.5 cm³/mol. The van der Waals surface area contributed by atoms with Gasteiger partial charge in [-0.1, -0.05) is 12.7 Å². The Labute approximate surface area is 59.3 Å². The zero-order valence-electron chi connectivity index (χ0n) is 5.42. The van der Waals surface area contributed by atoms with Crippen molar-refractivity contribution in [1.82, 2.24) is 0 Å². The third kappa shape index (κ3) is 5.43. The predicted octanol–water partition coefficient (Wildman–Crippen LogP) is 1.08. The van der Waals surface area contributed by atoms with Crippen molar-refractivity contribution in [2.45, 2.75) is 0 Å². The maximum Gasteiger partial charge on any atom is 0.316 e. The number of esters is 1. The van der Waals surface area contributed by atoms with E-state index in [-0.39, 0.29) is 5.97 Å². The molecule has 0 heterocycles. The second kappa shape index (κ2) is 5.69. The van der Waals surface area contributed by atoms with Crippen LogP contribution in [-0.4, -0.2) is 24.6 Å². The van der Waals surface area contributed by atoms with E-state index in [1.165, 1.54) is 11.8 Å². The Balaban J connectivity index is 3.16. The molecule has 0 aromatic carbocycles. The third-order valence-corrected chi connectivity index (χ3v) is 1.15. The largest absolute Gasteiger partial charge is 0.461 e. The van der Waals surface area contributed by atoms with Crippen LogP contribution in [0.5, 0.6) is 0 Å². The Morgan fingerprint density at radius 1 is 1.89 bits per heavy atom. The average Bonchev–Trinajstić information content (AvgIpc) is 1.85. The second-order valence-corrected chi connectivity index (χ2v) is 2.27. The van der Waals surface area contributed by atoms with Crippen LogP contribution in [0.3, 0.4) is 0 Å². The molecule has 0 radical (unpaired) electrons. The van der Waals surface area contributed by atoms with E-state index < -0.39 is 0 Å². The summed E-state index contributed by atoms with van der Waals surface area (Å²) in [5.41, 5.74) is 0. The van der Waals surface area contributed by atoms with Crippen molar-refractivity contribution >= 4 is 17.7 Å². The molecule has 0 aliphatic carbocycles. The van der Waals surface area contributed by atoms with Gasteiger partial charge in [-0.05, 0) is 6.26 Å². The fourth-order valence-electron chi connectivity index (χ4n) is 0.311. The van der Waals surface area contributed by atoms with Crippen molar-refractivity contribution in [1.29, 1.82) is 0 Å². The first kappa shape index (κ1) is 8.56. The van der Waals surface area contributed by atoms with Gasteiger partial charge in [-0.2, -0.15) is 11.8 Å². The van der Waals surface area contributed by atoms with Gasteiger partial charge in [-0.25, -0.2) is 0 Å². The van der Waals surface area contributed by atoms with Gasteiger partial charge >= 0.3 is 5.97 Å². The fourth-order valence-corrected chi connectivity index (χ4v) is 0.630. The van der Waals surface area contributed by atoms with Crippen molar-refractivity contribution in [3.63, 3.8) is 0 Å². The van der Waals surface area contributed by atoms with Crippen molar-refractivity contribution in [2.75, 3.05) is 18.6 Å². The highest BCUT2D eigenvalue weighted by Gasteiger charge is 1.96. The van der Waals surface area contributed by atoms with Crippen molar-refractivity contribution in [3.05, 3.63) is 12.7 Å². The van der Waals surface area contributed by atoms with Crippen LogP contribution in [0.1, 0.15) is 0 Å². The maximum absolute atomic E-state index is 10.5. The molecule has 0 N–H and O–H groups in total. The number of ether oxygens (including phenoxy) is 1. The molecule has 0 aliphatic heterocycles. The molecule has 0 saturated carbocycles. The average molecular weight is 146 g/mol. The summed E-state index contributed by atoms with van der Waals surface area (Å²) >= 11 is 1.45. The first-order valence-electron chi connectivity index (χ1n) is 2.56. The highest BCUT2D eigenvalue weighted by molar-refractivity contribution is 7.99. The summed E-state index contributed by atoms with van der Waals surface area (Å²) < 4.78 is 4.65. The summed E-state index contributed by atoms with van der Waals surface area (Å²) in [6, 6.07) is 0. The highest BCUT2D eigenvalue weighted by Crippen LogP contribution is 1.92. The number of hydrogen-bond acceptors (Lipinski definition) is 3. The standard InChI is InChI=1S/C6H10O2S/c1-3-4-8-6(7)5-9-2/h3H,1,4-5H2,2H3. The summed E-state index contributed by atoms with van der Waals surface area (Å²) in [7, 11) is 0. The number of hydrogen-bond donors (Lipinski definition) is 0. The second-order valence-electron chi connectivity index (χ2n) is 1.40. The molecule has 0 amide bonds. The Bertz CT molecular complexity index is 101. The van der Waals surface area contributed by atoms with Crippen LogP contribution in [0.4, 0.5) is 0 Å². The number of rotatable bonds is 4. The van der Waals surface area contributed by atoms with Gasteiger partial charge in [0.25, 0.3) is 0 Å². The number of carbonyl (C=O) groups excluding carboxylic acids is 1. The SMILES string of the molecule is C=CCOC(=O)CSC. The lowest BCUT2D eigenvalue weighted by atomic mass is 10.7. The Morgan fingerprint density at radius 3 is 3.00 bits per heavy atom. The van der Waals surface area contributed by atoms with Crippen molar-refractivity contribution in [3.8, 4) is 0 Å². The van der Waals surface area contributed by atoms with Gasteiger partial charge < -0.3 is 4.74 Å². The molecule has 0 unspecified atom stereocenters. The zero-order chi connectivity index (χ0) is 7.11. The van der Waals surface area contributed by atoms with E-state index in [0.29, 0.717) is 12.4 Å². The lowest BCUT2D eigenvalue weighted by Crippen LogP contribution is -2.06. The van der Waals surface area contributed by atoms with Crippen LogP contribution in [0.25, 0.3) is 0 Å². The van der Waals surface area contributed by atoms with E-state index >= 15 is 0 Å². The summed E-state index contributed by atoms with van der Waals surface area (Å²) in [5, 5.41) is 0. The molecule has 2 nitrogen and oxygen atoms in total. The lowest BCUT2D eigenvalue weighted by molar-refractivity contribution is -0.139. The minimum absolute atomic E-state index is 0.178. The summed E-state index contributed by atoms with van der Waals surface area (Å²) in [4.78, 5) is 10.5. The summed E-state index contributed by atoms with van der Waals surface area (Å²) in [5.74, 6) is 0.246. The number of carbonyl (C=O) groups is 1. The van der Waals surface area contributed by atoms with Crippen LogP contribution in [-0.2, 0) is 9.53 Å². The Hall–Kier alpha value is -0.440. The molecule has 0 fully saturated rings. The quantitative estimate of drug-likeness (QED) is 0.438. The van der Waals surface area contributed by atoms with Gasteiger partial charge in [-0.15, -0.1) is 0 Å². The minimum atomic E-state index is -0.178. The van der Waals surface area contributed by atoms with Crippen LogP contribution in [0.15, 0.2) is 12.7 Å². The molecule has 0 saturated heterocycles. The monoisotopic (exact) mass is 146 g/mol. The lowest BCUT2D eigenvalue weighted by Gasteiger charge is -1.97. The molecule has 0 aromatic rings. The molecule has 9 heavy (non-hydrogen) atoms. The highest BCUT2D eigenvalue weighted by atomic mass is 32.2. The molecule has 3 heteroatoms. The topological polar surface area (TPSA) is 26.3 Å². The van der Waals surface area contributed by atoms with E-state index in [4.69, 9.17) is 0 Å². The third-order valence-electron chi connectivity index (χ3n) is 0.624. The van der Waals surface area contributed by atoms with Gasteiger partial charge in [0, 0.05) is 0 Å². The van der Waals surface area contributed by atoms with Crippen molar-refractivity contribution < 1.29 is 9.53 Å². The van der Waals surface area contributed by atoms with Gasteiger partial charge in [-0.3, -0.25) is 4.79 Å². The molecule has 0 spiro atoms. The zero-order valence-corrected chi connectivity index (χ0v) is 6.24. The summed E-state index contributed by atoms with van der Waals surface area (Å²) in [6.45, 7) is 3.73. The van der Waals surface area contributed by atoms with Gasteiger partial charge in [0.2, 0.25) is 0 Å². The van der Waals surface area contributed by atoms with Gasteiger partial charge in [0.15, 0.2) is 0 Å². The molecular formula is C6H10O2S. The van der Waals surface area contributed by atoms with E-state index in [0.717, 1.165) is 0 Å². The van der Waals surface area contributed by atoms with E-state index in [1.54, 1.807) is 6.08 Å². The summed E-state index contributed by atoms with van der Waals surface area (Å²) in [6.07, 6.45) is 3.41. The molecule has 0 bridgehead atoms. The molecule has 52 valence electrons.